The lowest BCUT2D eigenvalue weighted by atomic mass is 10.2. The van der Waals surface area contributed by atoms with Gasteiger partial charge in [0.1, 0.15) is 0 Å². The zero-order valence-corrected chi connectivity index (χ0v) is 11.3. The average molecular weight is 314 g/mol. The molecule has 2 aromatic carbocycles. The van der Waals surface area contributed by atoms with Gasteiger partial charge in [0.15, 0.2) is 0 Å². The van der Waals surface area contributed by atoms with Gasteiger partial charge in [0.05, 0.1) is 21.9 Å². The molecule has 0 radical (unpaired) electrons. The monoisotopic (exact) mass is 313 g/mol. The minimum atomic E-state index is -0.0510. The molecule has 0 saturated carbocycles. The van der Waals surface area contributed by atoms with E-state index >= 15 is 0 Å². The number of hydrogen-bond donors (Lipinski definition) is 1. The molecular formula is C14H8BrN3O. The second-order valence-corrected chi connectivity index (χ2v) is 5.30. The molecule has 0 saturated heterocycles. The molecule has 0 bridgehead atoms. The Morgan fingerprint density at radius 2 is 2.00 bits per heavy atom. The molecule has 0 atom stereocenters. The SMILES string of the molecule is O=c1c2ccc(Br)cc2[nH]c2nc3ccccc3n12. The van der Waals surface area contributed by atoms with Gasteiger partial charge >= 0.3 is 0 Å². The summed E-state index contributed by atoms with van der Waals surface area (Å²) in [7, 11) is 0. The van der Waals surface area contributed by atoms with Crippen molar-refractivity contribution in [2.45, 2.75) is 0 Å². The van der Waals surface area contributed by atoms with Crippen LogP contribution in [0.4, 0.5) is 0 Å². The van der Waals surface area contributed by atoms with E-state index in [0.717, 1.165) is 21.0 Å². The number of halogens is 1. The van der Waals surface area contributed by atoms with Crippen LogP contribution in [0.3, 0.4) is 0 Å². The summed E-state index contributed by atoms with van der Waals surface area (Å²) < 4.78 is 2.54. The molecule has 0 aliphatic heterocycles. The zero-order valence-electron chi connectivity index (χ0n) is 9.72. The molecule has 0 fully saturated rings. The van der Waals surface area contributed by atoms with Crippen LogP contribution in [0.15, 0.2) is 51.7 Å². The normalized spacial score (nSPS) is 11.6. The Balaban J connectivity index is 2.34. The fourth-order valence-electron chi connectivity index (χ4n) is 2.36. The number of H-pyrrole nitrogens is 1. The van der Waals surface area contributed by atoms with Crippen molar-refractivity contribution >= 4 is 43.6 Å². The zero-order chi connectivity index (χ0) is 13.0. The van der Waals surface area contributed by atoms with Gasteiger partial charge in [0, 0.05) is 4.47 Å². The first-order valence-corrected chi connectivity index (χ1v) is 6.62. The summed E-state index contributed by atoms with van der Waals surface area (Å²) in [4.78, 5) is 20.2. The summed E-state index contributed by atoms with van der Waals surface area (Å²) >= 11 is 3.41. The fraction of sp³-hybridized carbons (Fsp3) is 0. The number of para-hydroxylation sites is 2. The molecule has 0 amide bonds. The van der Waals surface area contributed by atoms with E-state index in [9.17, 15) is 4.79 Å². The minimum absolute atomic E-state index is 0.0510. The number of benzene rings is 2. The second-order valence-electron chi connectivity index (χ2n) is 4.38. The van der Waals surface area contributed by atoms with Crippen molar-refractivity contribution in [1.82, 2.24) is 14.4 Å². The number of aromatic nitrogens is 3. The molecule has 19 heavy (non-hydrogen) atoms. The van der Waals surface area contributed by atoms with Crippen LogP contribution in [-0.2, 0) is 0 Å². The Morgan fingerprint density at radius 1 is 1.16 bits per heavy atom. The topological polar surface area (TPSA) is 50.2 Å². The molecule has 1 N–H and O–H groups in total. The molecule has 2 heterocycles. The molecule has 0 unspecified atom stereocenters. The van der Waals surface area contributed by atoms with Crippen LogP contribution >= 0.6 is 15.9 Å². The summed E-state index contributed by atoms with van der Waals surface area (Å²) in [5.74, 6) is 0.566. The van der Waals surface area contributed by atoms with Gasteiger partial charge in [-0.3, -0.25) is 4.79 Å². The highest BCUT2D eigenvalue weighted by Gasteiger charge is 2.10. The van der Waals surface area contributed by atoms with Crippen molar-refractivity contribution in [2.75, 3.05) is 0 Å². The maximum atomic E-state index is 12.6. The quantitative estimate of drug-likeness (QED) is 0.542. The smallest absolute Gasteiger partial charge is 0.267 e. The number of nitrogens with one attached hydrogen (secondary N) is 1. The Morgan fingerprint density at radius 3 is 2.89 bits per heavy atom. The van der Waals surface area contributed by atoms with Gasteiger partial charge in [0.25, 0.3) is 5.56 Å². The van der Waals surface area contributed by atoms with E-state index < -0.39 is 0 Å². The highest BCUT2D eigenvalue weighted by atomic mass is 79.9. The lowest BCUT2D eigenvalue weighted by Crippen LogP contribution is -2.13. The van der Waals surface area contributed by atoms with Crippen LogP contribution < -0.4 is 5.56 Å². The van der Waals surface area contributed by atoms with Crippen molar-refractivity contribution in [3.8, 4) is 0 Å². The molecule has 5 heteroatoms. The number of aromatic amines is 1. The van der Waals surface area contributed by atoms with Gasteiger partial charge in [-0.1, -0.05) is 28.1 Å². The van der Waals surface area contributed by atoms with Crippen molar-refractivity contribution in [2.24, 2.45) is 0 Å². The number of hydrogen-bond acceptors (Lipinski definition) is 2. The molecule has 4 nitrogen and oxygen atoms in total. The van der Waals surface area contributed by atoms with E-state index in [1.165, 1.54) is 0 Å². The van der Waals surface area contributed by atoms with Crippen LogP contribution in [0.2, 0.25) is 0 Å². The fourth-order valence-corrected chi connectivity index (χ4v) is 2.72. The maximum Gasteiger partial charge on any atom is 0.267 e. The number of rotatable bonds is 0. The van der Waals surface area contributed by atoms with E-state index in [4.69, 9.17) is 0 Å². The van der Waals surface area contributed by atoms with Gasteiger partial charge in [-0.2, -0.15) is 0 Å². The molecule has 4 aromatic rings. The van der Waals surface area contributed by atoms with E-state index in [0.29, 0.717) is 11.2 Å². The van der Waals surface area contributed by atoms with Crippen LogP contribution in [0.1, 0.15) is 0 Å². The standard InChI is InChI=1S/C14H8BrN3O/c15-8-5-6-9-11(7-8)17-14-16-10-3-1-2-4-12(10)18(14)13(9)19/h1-7H,(H,16,17). The second kappa shape index (κ2) is 3.68. The van der Waals surface area contributed by atoms with Crippen molar-refractivity contribution < 1.29 is 0 Å². The molecular weight excluding hydrogens is 306 g/mol. The third-order valence-electron chi connectivity index (χ3n) is 3.22. The summed E-state index contributed by atoms with van der Waals surface area (Å²) in [5.41, 5.74) is 2.36. The van der Waals surface area contributed by atoms with Gasteiger partial charge in [-0.05, 0) is 30.3 Å². The highest BCUT2D eigenvalue weighted by molar-refractivity contribution is 9.10. The van der Waals surface area contributed by atoms with Crippen molar-refractivity contribution in [3.63, 3.8) is 0 Å². The van der Waals surface area contributed by atoms with Gasteiger partial charge in [-0.25, -0.2) is 9.38 Å². The number of fused-ring (bicyclic) bond motifs is 4. The summed E-state index contributed by atoms with van der Waals surface area (Å²) in [6.07, 6.45) is 0. The van der Waals surface area contributed by atoms with Crippen LogP contribution in [0.5, 0.6) is 0 Å². The largest absolute Gasteiger partial charge is 0.324 e. The van der Waals surface area contributed by atoms with E-state index in [1.54, 1.807) is 4.40 Å². The lowest BCUT2D eigenvalue weighted by molar-refractivity contribution is 1.12. The van der Waals surface area contributed by atoms with Gasteiger partial charge < -0.3 is 4.98 Å². The molecule has 0 aliphatic carbocycles. The van der Waals surface area contributed by atoms with Crippen molar-refractivity contribution in [1.29, 1.82) is 0 Å². The van der Waals surface area contributed by atoms with Crippen molar-refractivity contribution in [3.05, 3.63) is 57.3 Å². The molecule has 0 aliphatic rings. The molecule has 0 spiro atoms. The summed E-state index contributed by atoms with van der Waals surface area (Å²) in [6, 6.07) is 13.2. The first kappa shape index (κ1) is 10.8. The highest BCUT2D eigenvalue weighted by Crippen LogP contribution is 2.19. The first-order valence-electron chi connectivity index (χ1n) is 5.83. The van der Waals surface area contributed by atoms with E-state index in [2.05, 4.69) is 25.9 Å². The lowest BCUT2D eigenvalue weighted by Gasteiger charge is -2.00. The predicted molar refractivity (Wildman–Crippen MR) is 78.5 cm³/mol. The van der Waals surface area contributed by atoms with E-state index in [1.807, 2.05) is 42.5 Å². The van der Waals surface area contributed by atoms with Crippen LogP contribution in [-0.4, -0.2) is 14.4 Å². The Kier molecular flexibility index (Phi) is 2.08. The van der Waals surface area contributed by atoms with Gasteiger partial charge in [-0.15, -0.1) is 0 Å². The number of imidazole rings is 1. The summed E-state index contributed by atoms with van der Waals surface area (Å²) in [5, 5.41) is 0.652. The Hall–Kier alpha value is -2.14. The number of nitrogens with zero attached hydrogens (tertiary/aromatic N) is 2. The third-order valence-corrected chi connectivity index (χ3v) is 3.72. The first-order chi connectivity index (χ1) is 9.24. The molecule has 2 aromatic heterocycles. The van der Waals surface area contributed by atoms with Crippen LogP contribution in [0.25, 0.3) is 27.7 Å². The third kappa shape index (κ3) is 1.45. The minimum Gasteiger partial charge on any atom is -0.324 e. The molecule has 92 valence electrons. The average Bonchev–Trinajstić information content (AvgIpc) is 2.76. The predicted octanol–water partition coefficient (Wildman–Crippen LogP) is 3.09. The maximum absolute atomic E-state index is 12.6. The Bertz CT molecular complexity index is 1000. The summed E-state index contributed by atoms with van der Waals surface area (Å²) in [6.45, 7) is 0. The van der Waals surface area contributed by atoms with Gasteiger partial charge in [0.2, 0.25) is 5.78 Å². The van der Waals surface area contributed by atoms with Crippen LogP contribution in [0, 0.1) is 0 Å². The van der Waals surface area contributed by atoms with E-state index in [-0.39, 0.29) is 5.56 Å². The Labute approximate surface area is 115 Å². The molecule has 4 rings (SSSR count).